The summed E-state index contributed by atoms with van der Waals surface area (Å²) in [7, 11) is 4.97. The monoisotopic (exact) mass is 403 g/mol. The van der Waals surface area contributed by atoms with Gasteiger partial charge in [0, 0.05) is 19.7 Å². The van der Waals surface area contributed by atoms with Gasteiger partial charge in [0.15, 0.2) is 23.0 Å². The van der Waals surface area contributed by atoms with E-state index >= 15 is 0 Å². The molecule has 0 aliphatic carbocycles. The molecule has 2 aromatic carbocycles. The number of fused-ring (bicyclic) bond motifs is 1. The number of ether oxygens (including phenoxy) is 4. The van der Waals surface area contributed by atoms with Crippen LogP contribution in [0.3, 0.4) is 0 Å². The Bertz CT molecular complexity index is 897. The first-order valence-electron chi connectivity index (χ1n) is 8.75. The van der Waals surface area contributed by atoms with Crippen LogP contribution in [-0.4, -0.2) is 45.4 Å². The number of amides is 1. The van der Waals surface area contributed by atoms with Gasteiger partial charge in [0.05, 0.1) is 19.2 Å². The summed E-state index contributed by atoms with van der Waals surface area (Å²) in [4.78, 5) is 14.0. The third kappa shape index (κ3) is 4.51. The Balaban J connectivity index is 1.59. The molecule has 148 valence electrons. The second kappa shape index (κ2) is 8.89. The van der Waals surface area contributed by atoms with Crippen molar-refractivity contribution >= 4 is 23.6 Å². The van der Waals surface area contributed by atoms with Crippen LogP contribution in [0.5, 0.6) is 23.0 Å². The largest absolute Gasteiger partial charge is 0.493 e. The minimum atomic E-state index is -0.103. The topological polar surface area (TPSA) is 57.2 Å². The molecule has 0 fully saturated rings. The predicted octanol–water partition coefficient (Wildman–Crippen LogP) is 3.80. The van der Waals surface area contributed by atoms with Crippen LogP contribution in [0.1, 0.15) is 11.1 Å². The van der Waals surface area contributed by atoms with Crippen LogP contribution in [0.25, 0.3) is 6.08 Å². The molecule has 0 aromatic heterocycles. The molecule has 7 heteroatoms. The van der Waals surface area contributed by atoms with Gasteiger partial charge in [-0.05, 0) is 47.9 Å². The fourth-order valence-corrected chi connectivity index (χ4v) is 3.10. The van der Waals surface area contributed by atoms with Crippen molar-refractivity contribution in [2.24, 2.45) is 0 Å². The Morgan fingerprint density at radius 2 is 1.96 bits per heavy atom. The zero-order chi connectivity index (χ0) is 20.1. The third-order valence-electron chi connectivity index (χ3n) is 4.43. The normalized spacial score (nSPS) is 12.3. The number of rotatable bonds is 7. The first-order valence-corrected chi connectivity index (χ1v) is 9.13. The molecule has 0 spiro atoms. The maximum Gasteiger partial charge on any atom is 0.246 e. The fourth-order valence-electron chi connectivity index (χ4n) is 2.82. The van der Waals surface area contributed by atoms with E-state index < -0.39 is 0 Å². The van der Waals surface area contributed by atoms with Crippen molar-refractivity contribution in [3.05, 3.63) is 52.6 Å². The summed E-state index contributed by atoms with van der Waals surface area (Å²) in [6.07, 6.45) is 3.93. The van der Waals surface area contributed by atoms with Crippen LogP contribution in [-0.2, 0) is 11.2 Å². The Morgan fingerprint density at radius 3 is 2.71 bits per heavy atom. The second-order valence-electron chi connectivity index (χ2n) is 6.27. The standard InChI is InChI=1S/C21H22ClNO5/c1-23(9-8-14-4-6-17(25-2)18(11-14)26-3)20(24)7-5-15-10-16(22)21-19(12-15)27-13-28-21/h4-7,10-12H,8-9,13H2,1-3H3. The molecule has 1 aliphatic rings. The van der Waals surface area contributed by atoms with E-state index in [1.165, 1.54) is 6.08 Å². The minimum absolute atomic E-state index is 0.103. The van der Waals surface area contributed by atoms with Crippen LogP contribution >= 0.6 is 11.6 Å². The van der Waals surface area contributed by atoms with Gasteiger partial charge in [0.25, 0.3) is 0 Å². The van der Waals surface area contributed by atoms with Crippen LogP contribution in [0.15, 0.2) is 36.4 Å². The number of carbonyl (C=O) groups is 1. The second-order valence-corrected chi connectivity index (χ2v) is 6.68. The molecule has 28 heavy (non-hydrogen) atoms. The Kier molecular flexibility index (Phi) is 6.31. The summed E-state index contributed by atoms with van der Waals surface area (Å²) in [5.41, 5.74) is 1.83. The molecular formula is C21H22ClNO5. The highest BCUT2D eigenvalue weighted by molar-refractivity contribution is 6.32. The molecule has 0 unspecified atom stereocenters. The lowest BCUT2D eigenvalue weighted by Crippen LogP contribution is -2.27. The van der Waals surface area contributed by atoms with E-state index in [4.69, 9.17) is 30.5 Å². The first kappa shape index (κ1) is 19.9. The van der Waals surface area contributed by atoms with Gasteiger partial charge in [0.1, 0.15) is 0 Å². The lowest BCUT2D eigenvalue weighted by atomic mass is 10.1. The smallest absolute Gasteiger partial charge is 0.246 e. The average molecular weight is 404 g/mol. The molecule has 0 radical (unpaired) electrons. The van der Waals surface area contributed by atoms with Gasteiger partial charge in [-0.15, -0.1) is 0 Å². The van der Waals surface area contributed by atoms with Gasteiger partial charge in [-0.3, -0.25) is 4.79 Å². The SMILES string of the molecule is COc1ccc(CCN(C)C(=O)C=Cc2cc(Cl)c3c(c2)OCO3)cc1OC. The lowest BCUT2D eigenvalue weighted by molar-refractivity contribution is -0.124. The molecule has 0 N–H and O–H groups in total. The van der Waals surface area contributed by atoms with Gasteiger partial charge in [-0.25, -0.2) is 0 Å². The first-order chi connectivity index (χ1) is 13.5. The van der Waals surface area contributed by atoms with E-state index in [-0.39, 0.29) is 12.7 Å². The molecule has 1 amide bonds. The number of halogens is 1. The average Bonchev–Trinajstić information content (AvgIpc) is 3.19. The third-order valence-corrected chi connectivity index (χ3v) is 4.71. The quantitative estimate of drug-likeness (QED) is 0.658. The zero-order valence-corrected chi connectivity index (χ0v) is 16.8. The Hall–Kier alpha value is -2.86. The van der Waals surface area contributed by atoms with Crippen molar-refractivity contribution in [1.29, 1.82) is 0 Å². The van der Waals surface area contributed by atoms with Crippen LogP contribution < -0.4 is 18.9 Å². The molecule has 0 saturated heterocycles. The molecule has 3 rings (SSSR count). The molecule has 0 bridgehead atoms. The van der Waals surface area contributed by atoms with Gasteiger partial charge in [-0.1, -0.05) is 17.7 Å². The fraction of sp³-hybridized carbons (Fsp3) is 0.286. The summed E-state index contributed by atoms with van der Waals surface area (Å²) in [6, 6.07) is 9.27. The molecule has 1 heterocycles. The van der Waals surface area contributed by atoms with Crippen molar-refractivity contribution in [2.75, 3.05) is 34.6 Å². The highest BCUT2D eigenvalue weighted by Crippen LogP contribution is 2.40. The van der Waals surface area contributed by atoms with Crippen LogP contribution in [0.2, 0.25) is 5.02 Å². The van der Waals surface area contributed by atoms with Crippen molar-refractivity contribution < 1.29 is 23.7 Å². The van der Waals surface area contributed by atoms with Gasteiger partial charge < -0.3 is 23.8 Å². The highest BCUT2D eigenvalue weighted by atomic mass is 35.5. The molecular weight excluding hydrogens is 382 g/mol. The van der Waals surface area contributed by atoms with Crippen molar-refractivity contribution in [1.82, 2.24) is 4.90 Å². The van der Waals surface area contributed by atoms with Crippen molar-refractivity contribution in [3.63, 3.8) is 0 Å². The molecule has 2 aromatic rings. The number of likely N-dealkylation sites (N-methyl/N-ethyl adjacent to an activating group) is 1. The van der Waals surface area contributed by atoms with E-state index in [9.17, 15) is 4.79 Å². The predicted molar refractivity (Wildman–Crippen MR) is 107 cm³/mol. The summed E-state index contributed by atoms with van der Waals surface area (Å²) in [5.74, 6) is 2.38. The molecule has 0 saturated carbocycles. The summed E-state index contributed by atoms with van der Waals surface area (Å²) in [6.45, 7) is 0.723. The lowest BCUT2D eigenvalue weighted by Gasteiger charge is -2.16. The van der Waals surface area contributed by atoms with Gasteiger partial charge in [-0.2, -0.15) is 0 Å². The number of hydrogen-bond donors (Lipinski definition) is 0. The molecule has 0 atom stereocenters. The molecule has 6 nitrogen and oxygen atoms in total. The zero-order valence-electron chi connectivity index (χ0n) is 16.0. The highest BCUT2D eigenvalue weighted by Gasteiger charge is 2.17. The summed E-state index contributed by atoms with van der Waals surface area (Å²) >= 11 is 6.16. The van der Waals surface area contributed by atoms with E-state index in [2.05, 4.69) is 0 Å². The van der Waals surface area contributed by atoms with Crippen molar-refractivity contribution in [3.8, 4) is 23.0 Å². The van der Waals surface area contributed by atoms with E-state index in [1.807, 2.05) is 18.2 Å². The van der Waals surface area contributed by atoms with E-state index in [0.29, 0.717) is 41.0 Å². The summed E-state index contributed by atoms with van der Waals surface area (Å²) in [5, 5.41) is 0.462. The number of carbonyl (C=O) groups excluding carboxylic acids is 1. The van der Waals surface area contributed by atoms with Crippen molar-refractivity contribution in [2.45, 2.75) is 6.42 Å². The number of hydrogen-bond acceptors (Lipinski definition) is 5. The van der Waals surface area contributed by atoms with Gasteiger partial charge >= 0.3 is 0 Å². The van der Waals surface area contributed by atoms with Gasteiger partial charge in [0.2, 0.25) is 12.7 Å². The molecule has 1 aliphatic heterocycles. The van der Waals surface area contributed by atoms with E-state index in [0.717, 1.165) is 11.1 Å². The van der Waals surface area contributed by atoms with Crippen LogP contribution in [0, 0.1) is 0 Å². The number of benzene rings is 2. The minimum Gasteiger partial charge on any atom is -0.493 e. The number of methoxy groups -OCH3 is 2. The maximum absolute atomic E-state index is 12.4. The summed E-state index contributed by atoms with van der Waals surface area (Å²) < 4.78 is 21.2. The van der Waals surface area contributed by atoms with E-state index in [1.54, 1.807) is 44.4 Å². The number of nitrogens with zero attached hydrogens (tertiary/aromatic N) is 1. The maximum atomic E-state index is 12.4. The van der Waals surface area contributed by atoms with Crippen LogP contribution in [0.4, 0.5) is 0 Å². The Morgan fingerprint density at radius 1 is 1.18 bits per heavy atom. The Labute approximate surface area is 169 Å².